The Morgan fingerprint density at radius 3 is 2.90 bits per heavy atom. The largest absolute Gasteiger partial charge is 0.475 e. The molecule has 0 amide bonds. The zero-order valence-electron chi connectivity index (χ0n) is 6.03. The highest BCUT2D eigenvalue weighted by Gasteiger charge is 1.95. The van der Waals surface area contributed by atoms with E-state index in [0.717, 1.165) is 0 Å². The molecule has 0 bridgehead atoms. The van der Waals surface area contributed by atoms with Crippen molar-refractivity contribution in [3.8, 4) is 5.88 Å². The third-order valence-electron chi connectivity index (χ3n) is 0.862. The first-order chi connectivity index (χ1) is 4.79. The van der Waals surface area contributed by atoms with E-state index in [2.05, 4.69) is 16.2 Å². The van der Waals surface area contributed by atoms with Crippen LogP contribution in [0.1, 0.15) is 13.8 Å². The zero-order valence-corrected chi connectivity index (χ0v) is 6.03. The summed E-state index contributed by atoms with van der Waals surface area (Å²) in [6.07, 6.45) is 4.20. The molecule has 0 fully saturated rings. The molecule has 1 radical (unpaired) electrons. The van der Waals surface area contributed by atoms with Gasteiger partial charge in [-0.05, 0) is 13.8 Å². The zero-order chi connectivity index (χ0) is 7.40. The van der Waals surface area contributed by atoms with Crippen LogP contribution in [0.2, 0.25) is 0 Å². The van der Waals surface area contributed by atoms with Gasteiger partial charge in [-0.1, -0.05) is 0 Å². The molecule has 0 aliphatic carbocycles. The third kappa shape index (κ3) is 2.01. The standard InChI is InChI=1S/C7H9N2O/c1-6(2)10-7-3-4-8-5-9-7/h3,5-6H,1-2H3. The average Bonchev–Trinajstić information content (AvgIpc) is 1.88. The minimum absolute atomic E-state index is 0.156. The molecule has 0 aromatic carbocycles. The maximum absolute atomic E-state index is 5.23. The predicted octanol–water partition coefficient (Wildman–Crippen LogP) is 1.06. The molecule has 0 aliphatic heterocycles. The fraction of sp³-hybridized carbons (Fsp3) is 0.429. The van der Waals surface area contributed by atoms with Crippen molar-refractivity contribution in [3.63, 3.8) is 0 Å². The van der Waals surface area contributed by atoms with Crippen molar-refractivity contribution in [2.45, 2.75) is 20.0 Å². The van der Waals surface area contributed by atoms with Crippen molar-refractivity contribution in [1.82, 2.24) is 9.97 Å². The highest BCUT2D eigenvalue weighted by atomic mass is 16.5. The summed E-state index contributed by atoms with van der Waals surface area (Å²) in [6, 6.07) is 1.61. The van der Waals surface area contributed by atoms with E-state index in [1.54, 1.807) is 6.07 Å². The summed E-state index contributed by atoms with van der Waals surface area (Å²) in [7, 11) is 0. The van der Waals surface area contributed by atoms with E-state index >= 15 is 0 Å². The van der Waals surface area contributed by atoms with Crippen LogP contribution in [0.15, 0.2) is 12.4 Å². The van der Waals surface area contributed by atoms with Crippen molar-refractivity contribution in [1.29, 1.82) is 0 Å². The van der Waals surface area contributed by atoms with Crippen LogP contribution >= 0.6 is 0 Å². The maximum atomic E-state index is 5.23. The van der Waals surface area contributed by atoms with Gasteiger partial charge in [-0.25, -0.2) is 9.97 Å². The van der Waals surface area contributed by atoms with Gasteiger partial charge in [-0.2, -0.15) is 0 Å². The van der Waals surface area contributed by atoms with Gasteiger partial charge in [0.25, 0.3) is 0 Å². The molecule has 0 N–H and O–H groups in total. The molecule has 0 saturated heterocycles. The fourth-order valence-corrected chi connectivity index (χ4v) is 0.555. The van der Waals surface area contributed by atoms with Crippen LogP contribution in [0.25, 0.3) is 0 Å². The van der Waals surface area contributed by atoms with Gasteiger partial charge < -0.3 is 4.74 Å². The van der Waals surface area contributed by atoms with Crippen LogP contribution in [0.5, 0.6) is 5.88 Å². The molecule has 3 nitrogen and oxygen atoms in total. The monoisotopic (exact) mass is 137 g/mol. The molecule has 1 heterocycles. The summed E-state index contributed by atoms with van der Waals surface area (Å²) in [5, 5.41) is 0. The Kier molecular flexibility index (Phi) is 2.20. The number of hydrogen-bond donors (Lipinski definition) is 0. The molecule has 0 atom stereocenters. The Morgan fingerprint density at radius 1 is 1.60 bits per heavy atom. The van der Waals surface area contributed by atoms with Gasteiger partial charge in [0.2, 0.25) is 5.88 Å². The molecule has 3 heteroatoms. The Balaban J connectivity index is 2.59. The Morgan fingerprint density at radius 2 is 2.40 bits per heavy atom. The van der Waals surface area contributed by atoms with Crippen LogP contribution < -0.4 is 4.74 Å². The lowest BCUT2D eigenvalue weighted by Gasteiger charge is -2.06. The number of hydrogen-bond acceptors (Lipinski definition) is 3. The van der Waals surface area contributed by atoms with Crippen LogP contribution in [-0.4, -0.2) is 16.1 Å². The Labute approximate surface area is 60.1 Å². The van der Waals surface area contributed by atoms with Crippen molar-refractivity contribution in [2.24, 2.45) is 0 Å². The van der Waals surface area contributed by atoms with E-state index in [0.29, 0.717) is 5.88 Å². The summed E-state index contributed by atoms with van der Waals surface area (Å²) in [5.41, 5.74) is 0. The molecule has 0 aliphatic rings. The van der Waals surface area contributed by atoms with Gasteiger partial charge in [0.1, 0.15) is 6.33 Å². The predicted molar refractivity (Wildman–Crippen MR) is 36.6 cm³/mol. The van der Waals surface area contributed by atoms with E-state index in [1.807, 2.05) is 13.8 Å². The van der Waals surface area contributed by atoms with E-state index in [-0.39, 0.29) is 6.10 Å². The lowest BCUT2D eigenvalue weighted by molar-refractivity contribution is 0.232. The minimum atomic E-state index is 0.156. The molecular weight excluding hydrogens is 128 g/mol. The molecule has 0 saturated carbocycles. The average molecular weight is 137 g/mol. The molecule has 10 heavy (non-hydrogen) atoms. The second kappa shape index (κ2) is 3.15. The van der Waals surface area contributed by atoms with E-state index < -0.39 is 0 Å². The van der Waals surface area contributed by atoms with E-state index in [9.17, 15) is 0 Å². The van der Waals surface area contributed by atoms with Gasteiger partial charge in [-0.15, -0.1) is 0 Å². The quantitative estimate of drug-likeness (QED) is 0.611. The van der Waals surface area contributed by atoms with Crippen LogP contribution in [0.3, 0.4) is 0 Å². The van der Waals surface area contributed by atoms with Gasteiger partial charge in [0.05, 0.1) is 12.3 Å². The summed E-state index contributed by atoms with van der Waals surface area (Å²) in [6.45, 7) is 3.89. The summed E-state index contributed by atoms with van der Waals surface area (Å²) >= 11 is 0. The van der Waals surface area contributed by atoms with Crippen molar-refractivity contribution in [2.75, 3.05) is 0 Å². The first-order valence-electron chi connectivity index (χ1n) is 3.14. The van der Waals surface area contributed by atoms with Crippen LogP contribution in [-0.2, 0) is 0 Å². The first kappa shape index (κ1) is 6.99. The third-order valence-corrected chi connectivity index (χ3v) is 0.862. The summed E-state index contributed by atoms with van der Waals surface area (Å²) in [4.78, 5) is 7.49. The van der Waals surface area contributed by atoms with E-state index in [4.69, 9.17) is 4.74 Å². The molecule has 1 rings (SSSR count). The number of rotatable bonds is 2. The Hall–Kier alpha value is -1.12. The number of ether oxygens (including phenoxy) is 1. The van der Waals surface area contributed by atoms with Crippen molar-refractivity contribution >= 4 is 0 Å². The first-order valence-corrected chi connectivity index (χ1v) is 3.14. The van der Waals surface area contributed by atoms with Gasteiger partial charge >= 0.3 is 0 Å². The van der Waals surface area contributed by atoms with Gasteiger partial charge in [0, 0.05) is 6.07 Å². The SMILES string of the molecule is CC(C)Oc1c[c]ncn1. The second-order valence-electron chi connectivity index (χ2n) is 2.15. The van der Waals surface area contributed by atoms with Crippen molar-refractivity contribution in [3.05, 3.63) is 18.6 Å². The summed E-state index contributed by atoms with van der Waals surface area (Å²) < 4.78 is 5.23. The molecule has 1 aromatic heterocycles. The van der Waals surface area contributed by atoms with Crippen LogP contribution in [0, 0.1) is 6.20 Å². The van der Waals surface area contributed by atoms with Gasteiger partial charge in [0.15, 0.2) is 0 Å². The topological polar surface area (TPSA) is 35.0 Å². The van der Waals surface area contributed by atoms with Gasteiger partial charge in [-0.3, -0.25) is 0 Å². The highest BCUT2D eigenvalue weighted by Crippen LogP contribution is 2.03. The normalized spacial score (nSPS) is 9.90. The minimum Gasteiger partial charge on any atom is -0.475 e. The lowest BCUT2D eigenvalue weighted by Crippen LogP contribution is -2.06. The molecule has 0 unspecified atom stereocenters. The maximum Gasteiger partial charge on any atom is 0.217 e. The fourth-order valence-electron chi connectivity index (χ4n) is 0.555. The second-order valence-corrected chi connectivity index (χ2v) is 2.15. The van der Waals surface area contributed by atoms with Crippen molar-refractivity contribution < 1.29 is 4.74 Å². The molecule has 1 aromatic rings. The number of nitrogens with zero attached hydrogens (tertiary/aromatic N) is 2. The number of aromatic nitrogens is 2. The Bertz CT molecular complexity index is 186. The molecular formula is C7H9N2O. The smallest absolute Gasteiger partial charge is 0.217 e. The van der Waals surface area contributed by atoms with Crippen LogP contribution in [0.4, 0.5) is 0 Å². The summed E-state index contributed by atoms with van der Waals surface area (Å²) in [5.74, 6) is 0.574. The van der Waals surface area contributed by atoms with E-state index in [1.165, 1.54) is 6.33 Å². The lowest BCUT2D eigenvalue weighted by atomic mass is 10.5. The molecule has 0 spiro atoms. The molecule has 53 valence electrons. The highest BCUT2D eigenvalue weighted by molar-refractivity contribution is 5.03.